The Morgan fingerprint density at radius 1 is 1.18 bits per heavy atom. The molecule has 4 N–H and O–H groups in total. The molecular weight excluding hydrogens is 529 g/mol. The van der Waals surface area contributed by atoms with Crippen molar-refractivity contribution in [3.05, 3.63) is 23.9 Å². The zero-order chi connectivity index (χ0) is 22.3. The molecule has 1 aromatic rings. The Morgan fingerprint density at radius 3 is 2.64 bits per heavy atom. The van der Waals surface area contributed by atoms with Gasteiger partial charge in [-0.1, -0.05) is 18.9 Å². The van der Waals surface area contributed by atoms with Gasteiger partial charge in [0.05, 0.1) is 6.54 Å². The van der Waals surface area contributed by atoms with E-state index in [1.165, 1.54) is 38.6 Å². The number of hydrogen-bond donors (Lipinski definition) is 3. The Balaban J connectivity index is 0.00000306. The lowest BCUT2D eigenvalue weighted by atomic mass is 9.96. The first kappa shape index (κ1) is 26.0. The largest absolute Gasteiger partial charge is 0.369 e. The summed E-state index contributed by atoms with van der Waals surface area (Å²) < 4.78 is 0. The molecule has 8 nitrogen and oxygen atoms in total. The molecule has 1 amide bonds. The number of carbonyl (C=O) groups is 1. The molecule has 2 saturated heterocycles. The summed E-state index contributed by atoms with van der Waals surface area (Å²) in [7, 11) is 0. The van der Waals surface area contributed by atoms with Crippen LogP contribution in [0.3, 0.4) is 0 Å². The van der Waals surface area contributed by atoms with Crippen LogP contribution in [0.1, 0.15) is 57.4 Å². The van der Waals surface area contributed by atoms with E-state index in [4.69, 9.17) is 10.7 Å². The maximum absolute atomic E-state index is 11.5. The molecule has 0 aromatic carbocycles. The lowest BCUT2D eigenvalue weighted by molar-refractivity contribution is -0.122. The zero-order valence-corrected chi connectivity index (χ0v) is 22.2. The van der Waals surface area contributed by atoms with Crippen LogP contribution in [0.25, 0.3) is 0 Å². The van der Waals surface area contributed by atoms with E-state index in [-0.39, 0.29) is 35.8 Å². The molecule has 1 saturated carbocycles. The fourth-order valence-corrected chi connectivity index (χ4v) is 5.40. The highest BCUT2D eigenvalue weighted by Gasteiger charge is 2.30. The first-order chi connectivity index (χ1) is 15.6. The van der Waals surface area contributed by atoms with Gasteiger partial charge < -0.3 is 21.3 Å². The van der Waals surface area contributed by atoms with Crippen molar-refractivity contribution in [2.75, 3.05) is 37.6 Å². The van der Waals surface area contributed by atoms with E-state index in [9.17, 15) is 4.79 Å². The van der Waals surface area contributed by atoms with Crippen LogP contribution in [0.4, 0.5) is 5.82 Å². The van der Waals surface area contributed by atoms with Gasteiger partial charge in [0, 0.05) is 62.5 Å². The van der Waals surface area contributed by atoms with Crippen LogP contribution in [-0.4, -0.2) is 66.6 Å². The van der Waals surface area contributed by atoms with E-state index in [0.29, 0.717) is 12.6 Å². The van der Waals surface area contributed by atoms with Gasteiger partial charge in [0.1, 0.15) is 5.82 Å². The molecule has 1 aliphatic carbocycles. The third kappa shape index (κ3) is 6.94. The average Bonchev–Trinajstić information content (AvgIpc) is 3.50. The topological polar surface area (TPSA) is 98.9 Å². The molecular formula is C24H40IN7O. The molecule has 3 aliphatic rings. The van der Waals surface area contributed by atoms with Crippen molar-refractivity contribution in [3.8, 4) is 0 Å². The van der Waals surface area contributed by atoms with Crippen LogP contribution >= 0.6 is 24.0 Å². The third-order valence-electron chi connectivity index (χ3n) is 7.22. The number of nitrogens with zero attached hydrogens (tertiary/aromatic N) is 4. The lowest BCUT2D eigenvalue weighted by Gasteiger charge is -2.32. The summed E-state index contributed by atoms with van der Waals surface area (Å²) in [5.41, 5.74) is 6.61. The van der Waals surface area contributed by atoms with Gasteiger partial charge in [-0.2, -0.15) is 0 Å². The van der Waals surface area contributed by atoms with Crippen molar-refractivity contribution in [2.24, 2.45) is 16.6 Å². The van der Waals surface area contributed by atoms with Gasteiger partial charge in [-0.15, -0.1) is 24.0 Å². The summed E-state index contributed by atoms with van der Waals surface area (Å²) in [6.07, 6.45) is 10.1. The molecule has 4 rings (SSSR count). The van der Waals surface area contributed by atoms with Gasteiger partial charge >= 0.3 is 0 Å². The maximum Gasteiger partial charge on any atom is 0.220 e. The van der Waals surface area contributed by atoms with Gasteiger partial charge in [-0.05, 0) is 45.1 Å². The minimum Gasteiger partial charge on any atom is -0.369 e. The van der Waals surface area contributed by atoms with Gasteiger partial charge in [-0.25, -0.2) is 9.98 Å². The molecule has 184 valence electrons. The summed E-state index contributed by atoms with van der Waals surface area (Å²) in [5.74, 6) is 1.66. The van der Waals surface area contributed by atoms with E-state index in [0.717, 1.165) is 62.4 Å². The number of primary amides is 1. The number of pyridine rings is 1. The summed E-state index contributed by atoms with van der Waals surface area (Å²) in [6.45, 7) is 7.43. The Kier molecular flexibility index (Phi) is 10.0. The van der Waals surface area contributed by atoms with Crippen molar-refractivity contribution in [2.45, 2.75) is 70.5 Å². The Bertz CT molecular complexity index is 791. The number of guanidine groups is 1. The fourth-order valence-electron chi connectivity index (χ4n) is 5.40. The summed E-state index contributed by atoms with van der Waals surface area (Å²) in [4.78, 5) is 26.0. The standard InChI is InChI=1S/C24H39N7O.HI/c1-2-26-24(29-20-11-15-31(17-20)21-7-3-4-8-21)28-16-19-6-5-12-27-23(19)30-13-9-18(10-14-30)22(25)32;/h5-6,12,18,20-21H,2-4,7-11,13-17H2,1H3,(H2,25,32)(H2,26,28,29);1H. The van der Waals surface area contributed by atoms with Gasteiger partial charge in [-0.3, -0.25) is 9.69 Å². The second-order valence-corrected chi connectivity index (χ2v) is 9.41. The smallest absolute Gasteiger partial charge is 0.220 e. The molecule has 0 bridgehead atoms. The molecule has 1 atom stereocenters. The summed E-state index contributed by atoms with van der Waals surface area (Å²) in [5, 5.41) is 7.09. The number of carbonyl (C=O) groups excluding carboxylic acids is 1. The first-order valence-electron chi connectivity index (χ1n) is 12.4. The van der Waals surface area contributed by atoms with Gasteiger partial charge in [0.15, 0.2) is 5.96 Å². The van der Waals surface area contributed by atoms with E-state index in [1.807, 2.05) is 12.3 Å². The number of rotatable bonds is 7. The molecule has 9 heteroatoms. The second-order valence-electron chi connectivity index (χ2n) is 9.41. The average molecular weight is 570 g/mol. The molecule has 0 spiro atoms. The number of amides is 1. The Morgan fingerprint density at radius 2 is 1.94 bits per heavy atom. The predicted octanol–water partition coefficient (Wildman–Crippen LogP) is 2.47. The Hall–Kier alpha value is -1.62. The zero-order valence-electron chi connectivity index (χ0n) is 19.8. The SMILES string of the molecule is CCNC(=NCc1cccnc1N1CCC(C(N)=O)CC1)NC1CCN(C2CCCC2)C1.I. The van der Waals surface area contributed by atoms with E-state index in [1.54, 1.807) is 0 Å². The van der Waals surface area contributed by atoms with Crippen LogP contribution < -0.4 is 21.3 Å². The maximum atomic E-state index is 11.5. The lowest BCUT2D eigenvalue weighted by Crippen LogP contribution is -2.45. The van der Waals surface area contributed by atoms with E-state index < -0.39 is 0 Å². The number of aromatic nitrogens is 1. The number of aliphatic imine (C=N–C) groups is 1. The first-order valence-corrected chi connectivity index (χ1v) is 12.4. The highest BCUT2D eigenvalue weighted by Crippen LogP contribution is 2.27. The van der Waals surface area contributed by atoms with E-state index in [2.05, 4.69) is 38.4 Å². The van der Waals surface area contributed by atoms with Crippen LogP contribution in [-0.2, 0) is 11.3 Å². The minimum absolute atomic E-state index is 0. The van der Waals surface area contributed by atoms with Crippen molar-refractivity contribution in [1.29, 1.82) is 0 Å². The molecule has 33 heavy (non-hydrogen) atoms. The number of piperidine rings is 1. The summed E-state index contributed by atoms with van der Waals surface area (Å²) in [6, 6.07) is 5.32. The fraction of sp³-hybridized carbons (Fsp3) is 0.708. The number of halogens is 1. The minimum atomic E-state index is -0.185. The molecule has 3 fully saturated rings. The number of nitrogens with two attached hydrogens (primary N) is 1. The van der Waals surface area contributed by atoms with Crippen molar-refractivity contribution in [3.63, 3.8) is 0 Å². The van der Waals surface area contributed by atoms with Gasteiger partial charge in [0.2, 0.25) is 5.91 Å². The number of nitrogens with one attached hydrogen (secondary N) is 2. The third-order valence-corrected chi connectivity index (χ3v) is 7.22. The molecule has 3 heterocycles. The molecule has 1 aromatic heterocycles. The quantitative estimate of drug-likeness (QED) is 0.265. The highest BCUT2D eigenvalue weighted by atomic mass is 127. The van der Waals surface area contributed by atoms with Crippen LogP contribution in [0.5, 0.6) is 0 Å². The molecule has 1 unspecified atom stereocenters. The number of likely N-dealkylation sites (tertiary alicyclic amines) is 1. The number of anilines is 1. The second kappa shape index (κ2) is 12.7. The van der Waals surface area contributed by atoms with Crippen molar-refractivity contribution >= 4 is 41.7 Å². The normalized spacial score (nSPS) is 22.9. The van der Waals surface area contributed by atoms with Crippen molar-refractivity contribution in [1.82, 2.24) is 20.5 Å². The van der Waals surface area contributed by atoms with Crippen LogP contribution in [0.15, 0.2) is 23.3 Å². The van der Waals surface area contributed by atoms with Crippen molar-refractivity contribution < 1.29 is 4.79 Å². The van der Waals surface area contributed by atoms with E-state index >= 15 is 0 Å². The number of hydrogen-bond acceptors (Lipinski definition) is 5. The molecule has 0 radical (unpaired) electrons. The van der Waals surface area contributed by atoms with Crippen LogP contribution in [0.2, 0.25) is 0 Å². The monoisotopic (exact) mass is 569 g/mol. The summed E-state index contributed by atoms with van der Waals surface area (Å²) >= 11 is 0. The Labute approximate surface area is 215 Å². The molecule has 2 aliphatic heterocycles. The predicted molar refractivity (Wildman–Crippen MR) is 144 cm³/mol. The van der Waals surface area contributed by atoms with Gasteiger partial charge in [0.25, 0.3) is 0 Å². The highest BCUT2D eigenvalue weighted by molar-refractivity contribution is 14.0. The van der Waals surface area contributed by atoms with Crippen LogP contribution in [0, 0.1) is 5.92 Å².